The van der Waals surface area contributed by atoms with E-state index in [9.17, 15) is 14.4 Å². The average molecular weight is 381 g/mol. The molecule has 0 aromatic heterocycles. The Labute approximate surface area is 166 Å². The van der Waals surface area contributed by atoms with Crippen LogP contribution < -0.4 is 5.32 Å². The van der Waals surface area contributed by atoms with E-state index in [-0.39, 0.29) is 24.2 Å². The normalized spacial score (nSPS) is 11.8. The van der Waals surface area contributed by atoms with E-state index in [0.29, 0.717) is 11.1 Å². The summed E-state index contributed by atoms with van der Waals surface area (Å²) < 4.78 is 5.20. The monoisotopic (exact) mass is 381 g/mol. The fraction of sp³-hybridized carbons (Fsp3) is 0.348. The van der Waals surface area contributed by atoms with Gasteiger partial charge >= 0.3 is 5.97 Å². The zero-order valence-corrected chi connectivity index (χ0v) is 16.8. The van der Waals surface area contributed by atoms with Gasteiger partial charge in [-0.25, -0.2) is 4.79 Å². The first-order valence-corrected chi connectivity index (χ1v) is 9.48. The van der Waals surface area contributed by atoms with Crippen LogP contribution in [0.25, 0.3) is 0 Å². The minimum atomic E-state index is -0.831. The lowest BCUT2D eigenvalue weighted by Crippen LogP contribution is -2.45. The molecule has 1 atom stereocenters. The lowest BCUT2D eigenvalue weighted by atomic mass is 10.0. The summed E-state index contributed by atoms with van der Waals surface area (Å²) in [5.74, 6) is -1.41. The number of benzene rings is 2. The Morgan fingerprint density at radius 3 is 2.21 bits per heavy atom. The first-order valence-electron chi connectivity index (χ1n) is 9.48. The third-order valence-electron chi connectivity index (χ3n) is 4.63. The van der Waals surface area contributed by atoms with Crippen molar-refractivity contribution in [3.8, 4) is 0 Å². The zero-order valence-electron chi connectivity index (χ0n) is 16.8. The van der Waals surface area contributed by atoms with Crippen LogP contribution >= 0.6 is 0 Å². The van der Waals surface area contributed by atoms with Gasteiger partial charge in [0.25, 0.3) is 5.91 Å². The molecule has 0 saturated heterocycles. The molecular weight excluding hydrogens is 354 g/mol. The lowest BCUT2D eigenvalue weighted by molar-refractivity contribution is -0.145. The predicted molar refractivity (Wildman–Crippen MR) is 108 cm³/mol. The second-order valence-electron chi connectivity index (χ2n) is 7.09. The summed E-state index contributed by atoms with van der Waals surface area (Å²) in [6.07, 6.45) is 0.889. The van der Waals surface area contributed by atoms with Crippen molar-refractivity contribution in [3.05, 3.63) is 70.8 Å². The van der Waals surface area contributed by atoms with E-state index in [1.807, 2.05) is 52.0 Å². The minimum Gasteiger partial charge on any atom is -0.456 e. The average Bonchev–Trinajstić information content (AvgIpc) is 2.69. The predicted octanol–water partition coefficient (Wildman–Crippen LogP) is 3.74. The molecule has 148 valence electrons. The molecule has 0 aliphatic heterocycles. The first kappa shape index (κ1) is 21.4. The highest BCUT2D eigenvalue weighted by molar-refractivity contribution is 6.00. The van der Waals surface area contributed by atoms with Crippen molar-refractivity contribution in [2.75, 3.05) is 6.61 Å². The highest BCUT2D eigenvalue weighted by atomic mass is 16.5. The van der Waals surface area contributed by atoms with Gasteiger partial charge in [-0.1, -0.05) is 63.2 Å². The number of ether oxygens (including phenoxy) is 1. The number of rotatable bonds is 8. The third-order valence-corrected chi connectivity index (χ3v) is 4.63. The molecule has 0 saturated carbocycles. The number of amides is 1. The molecule has 0 unspecified atom stereocenters. The fourth-order valence-electron chi connectivity index (χ4n) is 2.78. The van der Waals surface area contributed by atoms with Crippen LogP contribution in [0.2, 0.25) is 0 Å². The Balaban J connectivity index is 1.99. The molecule has 0 spiro atoms. The van der Waals surface area contributed by atoms with Gasteiger partial charge < -0.3 is 10.1 Å². The van der Waals surface area contributed by atoms with Gasteiger partial charge in [-0.15, -0.1) is 0 Å². The number of aryl methyl sites for hydroxylation is 2. The second-order valence-corrected chi connectivity index (χ2v) is 7.09. The summed E-state index contributed by atoms with van der Waals surface area (Å²) in [6.45, 7) is 7.15. The highest BCUT2D eigenvalue weighted by Crippen LogP contribution is 2.11. The zero-order chi connectivity index (χ0) is 20.7. The second kappa shape index (κ2) is 9.83. The molecule has 0 bridgehead atoms. The van der Waals surface area contributed by atoms with Crippen molar-refractivity contribution in [3.63, 3.8) is 0 Å². The highest BCUT2D eigenvalue weighted by Gasteiger charge is 2.27. The summed E-state index contributed by atoms with van der Waals surface area (Å²) in [7, 11) is 0. The van der Waals surface area contributed by atoms with Crippen LogP contribution in [-0.2, 0) is 16.0 Å². The smallest absolute Gasteiger partial charge is 0.329 e. The molecule has 28 heavy (non-hydrogen) atoms. The summed E-state index contributed by atoms with van der Waals surface area (Å²) >= 11 is 0. The standard InChI is InChI=1S/C23H27NO4/c1-5-17-10-12-18(13-11-17)20(25)14-28-23(27)21(15(2)3)24-22(26)19-9-7-6-8-16(19)4/h6-13,15,21H,5,14H2,1-4H3,(H,24,26)/t21-/m1/s1. The molecule has 1 N–H and O–H groups in total. The van der Waals surface area contributed by atoms with Gasteiger partial charge in [0.1, 0.15) is 6.04 Å². The fourth-order valence-corrected chi connectivity index (χ4v) is 2.78. The molecule has 2 aromatic carbocycles. The molecule has 0 fully saturated rings. The van der Waals surface area contributed by atoms with Crippen molar-refractivity contribution in [1.82, 2.24) is 5.32 Å². The number of Topliss-reactive ketones (excluding diaryl/α,β-unsaturated/α-hetero) is 1. The van der Waals surface area contributed by atoms with Crippen molar-refractivity contribution in [1.29, 1.82) is 0 Å². The van der Waals surface area contributed by atoms with E-state index in [1.165, 1.54) is 0 Å². The molecule has 0 radical (unpaired) electrons. The molecule has 5 heteroatoms. The van der Waals surface area contributed by atoms with Gasteiger partial charge in [-0.3, -0.25) is 9.59 Å². The maximum Gasteiger partial charge on any atom is 0.329 e. The van der Waals surface area contributed by atoms with Gasteiger partial charge in [0.2, 0.25) is 0 Å². The maximum atomic E-state index is 12.5. The third kappa shape index (κ3) is 5.52. The number of ketones is 1. The van der Waals surface area contributed by atoms with E-state index >= 15 is 0 Å². The largest absolute Gasteiger partial charge is 0.456 e. The van der Waals surface area contributed by atoms with E-state index in [2.05, 4.69) is 5.32 Å². The van der Waals surface area contributed by atoms with Crippen LogP contribution in [0.3, 0.4) is 0 Å². The number of hydrogen-bond acceptors (Lipinski definition) is 4. The first-order chi connectivity index (χ1) is 13.3. The van der Waals surface area contributed by atoms with Crippen LogP contribution in [0.15, 0.2) is 48.5 Å². The van der Waals surface area contributed by atoms with Crippen molar-refractivity contribution >= 4 is 17.7 Å². The van der Waals surface area contributed by atoms with Crippen LogP contribution in [0, 0.1) is 12.8 Å². The topological polar surface area (TPSA) is 72.5 Å². The number of nitrogens with one attached hydrogen (secondary N) is 1. The Kier molecular flexibility index (Phi) is 7.50. The summed E-state index contributed by atoms with van der Waals surface area (Å²) in [6, 6.07) is 13.6. The minimum absolute atomic E-state index is 0.181. The van der Waals surface area contributed by atoms with Gasteiger partial charge in [-0.2, -0.15) is 0 Å². The molecule has 0 heterocycles. The van der Waals surface area contributed by atoms with E-state index in [1.54, 1.807) is 24.3 Å². The molecule has 1 amide bonds. The molecule has 0 aliphatic carbocycles. The van der Waals surface area contributed by atoms with Gasteiger partial charge in [0.05, 0.1) is 0 Å². The molecule has 2 rings (SSSR count). The van der Waals surface area contributed by atoms with Crippen LogP contribution in [0.4, 0.5) is 0 Å². The Hall–Kier alpha value is -2.95. The number of carbonyl (C=O) groups is 3. The number of hydrogen-bond donors (Lipinski definition) is 1. The summed E-state index contributed by atoms with van der Waals surface area (Å²) in [4.78, 5) is 37.3. The quantitative estimate of drug-likeness (QED) is 0.558. The lowest BCUT2D eigenvalue weighted by Gasteiger charge is -2.21. The molecule has 5 nitrogen and oxygen atoms in total. The Bertz CT molecular complexity index is 840. The SMILES string of the molecule is CCc1ccc(C(=O)COC(=O)[C@H](NC(=O)c2ccccc2C)C(C)C)cc1. The molecule has 2 aromatic rings. The van der Waals surface area contributed by atoms with Crippen molar-refractivity contribution in [2.45, 2.75) is 40.2 Å². The van der Waals surface area contributed by atoms with Gasteiger partial charge in [-0.05, 0) is 36.5 Å². The maximum absolute atomic E-state index is 12.5. The van der Waals surface area contributed by atoms with E-state index < -0.39 is 12.0 Å². The number of esters is 1. The Morgan fingerprint density at radius 1 is 1.00 bits per heavy atom. The number of carbonyl (C=O) groups excluding carboxylic acids is 3. The molecular formula is C23H27NO4. The van der Waals surface area contributed by atoms with Crippen LogP contribution in [0.5, 0.6) is 0 Å². The van der Waals surface area contributed by atoms with Crippen molar-refractivity contribution in [2.24, 2.45) is 5.92 Å². The summed E-state index contributed by atoms with van der Waals surface area (Å²) in [5, 5.41) is 2.73. The van der Waals surface area contributed by atoms with Crippen LogP contribution in [-0.4, -0.2) is 30.3 Å². The summed E-state index contributed by atoms with van der Waals surface area (Å²) in [5.41, 5.74) is 2.96. The van der Waals surface area contributed by atoms with Gasteiger partial charge in [0.15, 0.2) is 12.4 Å². The van der Waals surface area contributed by atoms with E-state index in [0.717, 1.165) is 17.5 Å². The van der Waals surface area contributed by atoms with Gasteiger partial charge in [0, 0.05) is 11.1 Å². The molecule has 0 aliphatic rings. The Morgan fingerprint density at radius 2 is 1.64 bits per heavy atom. The van der Waals surface area contributed by atoms with E-state index in [4.69, 9.17) is 4.74 Å². The van der Waals surface area contributed by atoms with Crippen LogP contribution in [0.1, 0.15) is 52.6 Å². The van der Waals surface area contributed by atoms with Crippen molar-refractivity contribution < 1.29 is 19.1 Å².